The maximum Gasteiger partial charge on any atom is 0.317 e. The van der Waals surface area contributed by atoms with Gasteiger partial charge < -0.3 is 14.6 Å². The maximum absolute atomic E-state index is 12.2. The maximum atomic E-state index is 12.2. The van der Waals surface area contributed by atoms with Crippen LogP contribution in [-0.2, 0) is 23.9 Å². The summed E-state index contributed by atoms with van der Waals surface area (Å²) in [4.78, 5) is 36.5. The number of hydrogen-bond donors (Lipinski definition) is 1. The predicted octanol–water partition coefficient (Wildman–Crippen LogP) is 0.434. The first-order chi connectivity index (χ1) is 12.6. The molecule has 2 saturated heterocycles. The molecule has 8 rings (SSSR count). The summed E-state index contributed by atoms with van der Waals surface area (Å²) in [5.41, 5.74) is 0. The highest BCUT2D eigenvalue weighted by Crippen LogP contribution is 2.82. The fourth-order valence-electron chi connectivity index (χ4n) is 10.4. The van der Waals surface area contributed by atoms with E-state index in [1.54, 1.807) is 0 Å². The van der Waals surface area contributed by atoms with Gasteiger partial charge in [-0.3, -0.25) is 14.4 Å². The molecule has 8 aliphatic rings. The van der Waals surface area contributed by atoms with Crippen molar-refractivity contribution < 1.29 is 29.0 Å². The Bertz CT molecular complexity index is 821. The Kier molecular flexibility index (Phi) is 1.98. The number of carbonyl (C=O) groups excluding carboxylic acids is 3. The summed E-state index contributed by atoms with van der Waals surface area (Å²) in [7, 11) is 0. The Balaban J connectivity index is 1.19. The van der Waals surface area contributed by atoms with Crippen molar-refractivity contribution >= 4 is 17.9 Å². The third-order valence-electron chi connectivity index (χ3n) is 10.5. The zero-order chi connectivity index (χ0) is 17.2. The summed E-state index contributed by atoms with van der Waals surface area (Å²) in [5.74, 6) is 3.78. The topological polar surface area (TPSA) is 89.9 Å². The van der Waals surface area contributed by atoms with Crippen molar-refractivity contribution in [2.45, 2.75) is 19.1 Å². The molecule has 6 aliphatic carbocycles. The van der Waals surface area contributed by atoms with Gasteiger partial charge in [0.25, 0.3) is 0 Å². The molecule has 1 N–H and O–H groups in total. The third-order valence-corrected chi connectivity index (χ3v) is 10.5. The highest BCUT2D eigenvalue weighted by atomic mass is 16.6. The van der Waals surface area contributed by atoms with Crippen molar-refractivity contribution in [2.24, 2.45) is 82.9 Å². The Morgan fingerprint density at radius 1 is 0.615 bits per heavy atom. The number of aliphatic hydroxyl groups excluding tert-OH is 1. The number of carbonyl (C=O) groups is 3. The highest BCUT2D eigenvalue weighted by Gasteiger charge is 2.82. The van der Waals surface area contributed by atoms with Crippen LogP contribution < -0.4 is 0 Å². The Hall–Kier alpha value is -1.43. The molecule has 15 unspecified atom stereocenters. The molecule has 0 radical (unpaired) electrons. The van der Waals surface area contributed by atoms with Crippen LogP contribution in [0.3, 0.4) is 0 Å². The number of ether oxygens (including phenoxy) is 2. The normalized spacial score (nSPS) is 69.9. The summed E-state index contributed by atoms with van der Waals surface area (Å²) < 4.78 is 10.1. The second-order valence-electron chi connectivity index (χ2n) is 10.3. The van der Waals surface area contributed by atoms with Gasteiger partial charge in [-0.25, -0.2) is 0 Å². The molecule has 2 aliphatic heterocycles. The molecule has 6 saturated carbocycles. The fraction of sp³-hybridized carbons (Fsp3) is 0.850. The van der Waals surface area contributed by atoms with Crippen LogP contribution in [0.5, 0.6) is 0 Å². The van der Waals surface area contributed by atoms with E-state index in [9.17, 15) is 19.5 Å². The van der Waals surface area contributed by atoms with E-state index >= 15 is 0 Å². The molecule has 6 heteroatoms. The first kappa shape index (κ1) is 13.7. The summed E-state index contributed by atoms with van der Waals surface area (Å²) in [6.07, 6.45) is 1.43. The molecule has 0 aromatic rings. The van der Waals surface area contributed by atoms with Crippen molar-refractivity contribution in [3.8, 4) is 0 Å². The van der Waals surface area contributed by atoms with E-state index in [-0.39, 0.29) is 41.6 Å². The largest absolute Gasteiger partial charge is 0.435 e. The summed E-state index contributed by atoms with van der Waals surface area (Å²) in [6, 6.07) is 0. The molecule has 8 fully saturated rings. The summed E-state index contributed by atoms with van der Waals surface area (Å²) >= 11 is 0. The smallest absolute Gasteiger partial charge is 0.317 e. The van der Waals surface area contributed by atoms with Gasteiger partial charge in [0.2, 0.25) is 6.29 Å². The number of fused-ring (bicyclic) bond motifs is 21. The molecule has 0 aromatic heterocycles. The van der Waals surface area contributed by atoms with Crippen LogP contribution >= 0.6 is 0 Å². The molecule has 0 aromatic carbocycles. The van der Waals surface area contributed by atoms with Gasteiger partial charge >= 0.3 is 17.9 Å². The van der Waals surface area contributed by atoms with Crippen molar-refractivity contribution in [3.05, 3.63) is 0 Å². The van der Waals surface area contributed by atoms with Gasteiger partial charge in [-0.15, -0.1) is 0 Å². The molecule has 136 valence electrons. The Labute approximate surface area is 149 Å². The number of rotatable bonds is 0. The zero-order valence-electron chi connectivity index (χ0n) is 14.1. The van der Waals surface area contributed by atoms with Gasteiger partial charge in [-0.2, -0.15) is 0 Å². The van der Waals surface area contributed by atoms with Crippen molar-refractivity contribution in [1.29, 1.82) is 0 Å². The Morgan fingerprint density at radius 3 is 1.69 bits per heavy atom. The van der Waals surface area contributed by atoms with E-state index in [1.807, 2.05) is 0 Å². The second kappa shape index (κ2) is 3.75. The minimum atomic E-state index is -0.909. The number of hydrogen-bond acceptors (Lipinski definition) is 6. The summed E-state index contributed by atoms with van der Waals surface area (Å²) in [5, 5.41) is 10.2. The van der Waals surface area contributed by atoms with E-state index < -0.39 is 6.29 Å². The molecule has 15 atom stereocenters. The van der Waals surface area contributed by atoms with Crippen molar-refractivity contribution in [2.75, 3.05) is 0 Å². The van der Waals surface area contributed by atoms with Crippen LogP contribution in [0.2, 0.25) is 0 Å². The molecule has 26 heavy (non-hydrogen) atoms. The number of esters is 3. The fourth-order valence-corrected chi connectivity index (χ4v) is 10.4. The lowest BCUT2D eigenvalue weighted by Gasteiger charge is -2.59. The van der Waals surface area contributed by atoms with E-state index in [0.717, 1.165) is 6.42 Å². The van der Waals surface area contributed by atoms with E-state index in [2.05, 4.69) is 0 Å². The van der Waals surface area contributed by atoms with Gasteiger partial charge in [-0.1, -0.05) is 0 Å². The van der Waals surface area contributed by atoms with E-state index in [4.69, 9.17) is 9.47 Å². The average Bonchev–Trinajstić information content (AvgIpc) is 3.25. The first-order valence-electron chi connectivity index (χ1n) is 10.2. The molecule has 0 amide bonds. The van der Waals surface area contributed by atoms with Gasteiger partial charge in [0.05, 0.1) is 17.8 Å². The first-order valence-corrected chi connectivity index (χ1v) is 10.2. The summed E-state index contributed by atoms with van der Waals surface area (Å²) in [6.45, 7) is 0. The standard InChI is InChI=1S/C20H20O6/c21-17-13-9-3-1-4(10(9)14(13)18(22)25-17)8-6-2-5(7(3)8)11-12(6)16-15(11)19(23)26-20(16)24/h3-17,21H,1-2H2. The van der Waals surface area contributed by atoms with Gasteiger partial charge in [-0.05, 0) is 72.0 Å². The monoisotopic (exact) mass is 356 g/mol. The zero-order valence-corrected chi connectivity index (χ0v) is 14.1. The molecular weight excluding hydrogens is 336 g/mol. The third kappa shape index (κ3) is 1.08. The van der Waals surface area contributed by atoms with Gasteiger partial charge in [0.1, 0.15) is 0 Å². The number of aliphatic hydroxyl groups is 1. The Morgan fingerprint density at radius 2 is 1.12 bits per heavy atom. The lowest BCUT2D eigenvalue weighted by Crippen LogP contribution is -2.61. The van der Waals surface area contributed by atoms with Crippen LogP contribution in [-0.4, -0.2) is 29.3 Å². The van der Waals surface area contributed by atoms with Crippen LogP contribution in [0.15, 0.2) is 0 Å². The van der Waals surface area contributed by atoms with Crippen molar-refractivity contribution in [1.82, 2.24) is 0 Å². The lowest BCUT2D eigenvalue weighted by atomic mass is 9.42. The molecule has 0 spiro atoms. The molecule has 4 bridgehead atoms. The average molecular weight is 356 g/mol. The van der Waals surface area contributed by atoms with Crippen LogP contribution in [0, 0.1) is 82.9 Å². The van der Waals surface area contributed by atoms with Crippen molar-refractivity contribution in [3.63, 3.8) is 0 Å². The van der Waals surface area contributed by atoms with E-state index in [0.29, 0.717) is 59.2 Å². The van der Waals surface area contributed by atoms with E-state index in [1.165, 1.54) is 6.42 Å². The number of cyclic esters (lactones) is 3. The lowest BCUT2D eigenvalue weighted by molar-refractivity contribution is -0.177. The molecule has 2 heterocycles. The van der Waals surface area contributed by atoms with Crippen LogP contribution in [0.1, 0.15) is 12.8 Å². The molecular formula is C20H20O6. The van der Waals surface area contributed by atoms with Gasteiger partial charge in [0.15, 0.2) is 0 Å². The SMILES string of the molecule is O=C1OC(=O)C2C1C1C3CC(C4C5CC(C34)C3C4C(=O)OC(O)C4C53)C21. The highest BCUT2D eigenvalue weighted by molar-refractivity contribution is 5.98. The second-order valence-corrected chi connectivity index (χ2v) is 10.3. The quantitative estimate of drug-likeness (QED) is 0.385. The molecule has 6 nitrogen and oxygen atoms in total. The predicted molar refractivity (Wildman–Crippen MR) is 81.3 cm³/mol. The minimum Gasteiger partial charge on any atom is -0.435 e. The minimum absolute atomic E-state index is 0.00513. The van der Waals surface area contributed by atoms with Gasteiger partial charge in [0, 0.05) is 5.92 Å². The van der Waals surface area contributed by atoms with Crippen LogP contribution in [0.25, 0.3) is 0 Å². The van der Waals surface area contributed by atoms with Crippen LogP contribution in [0.4, 0.5) is 0 Å².